The summed E-state index contributed by atoms with van der Waals surface area (Å²) in [6, 6.07) is 12.5. The number of esters is 1. The first kappa shape index (κ1) is 16.5. The summed E-state index contributed by atoms with van der Waals surface area (Å²) in [5.41, 5.74) is 3.60. The molecular weight excluding hydrogens is 305 g/mol. The number of rotatable bonds is 2. The fraction of sp³-hybridized carbons (Fsp3) is 0.350. The Morgan fingerprint density at radius 2 is 1.83 bits per heavy atom. The number of fused-ring (bicyclic) bond motifs is 1. The van der Waals surface area contributed by atoms with E-state index >= 15 is 0 Å². The topological polar surface area (TPSA) is 38.3 Å². The standard InChI is InChI=1S/C20H22FNO2/c1-12-5-10-17-16(11-12)19(24-13(2)23)20(3,4)18(22-17)14-6-8-15(21)9-7-14/h5-11,18-19,22H,1-4H3. The molecule has 126 valence electrons. The highest BCUT2D eigenvalue weighted by molar-refractivity contribution is 5.68. The second-order valence-electron chi connectivity index (χ2n) is 7.03. The van der Waals surface area contributed by atoms with Gasteiger partial charge in [-0.15, -0.1) is 0 Å². The van der Waals surface area contributed by atoms with E-state index in [2.05, 4.69) is 25.2 Å². The SMILES string of the molecule is CC(=O)OC1c2cc(C)ccc2NC(c2ccc(F)cc2)C1(C)C. The van der Waals surface area contributed by atoms with Crippen LogP contribution < -0.4 is 5.32 Å². The molecule has 0 saturated carbocycles. The summed E-state index contributed by atoms with van der Waals surface area (Å²) in [4.78, 5) is 11.7. The monoisotopic (exact) mass is 327 g/mol. The molecule has 1 N–H and O–H groups in total. The van der Waals surface area contributed by atoms with Crippen LogP contribution in [-0.4, -0.2) is 5.97 Å². The maximum atomic E-state index is 13.3. The molecule has 0 aromatic heterocycles. The van der Waals surface area contributed by atoms with Crippen molar-refractivity contribution in [3.8, 4) is 0 Å². The van der Waals surface area contributed by atoms with Crippen molar-refractivity contribution in [2.75, 3.05) is 5.32 Å². The molecule has 2 aromatic rings. The van der Waals surface area contributed by atoms with Crippen LogP contribution in [0.5, 0.6) is 0 Å². The molecule has 0 spiro atoms. The summed E-state index contributed by atoms with van der Waals surface area (Å²) < 4.78 is 19.0. The van der Waals surface area contributed by atoms with Gasteiger partial charge in [-0.25, -0.2) is 4.39 Å². The third-order valence-electron chi connectivity index (χ3n) is 4.70. The third kappa shape index (κ3) is 2.88. The van der Waals surface area contributed by atoms with Gasteiger partial charge in [0.05, 0.1) is 6.04 Å². The second-order valence-corrected chi connectivity index (χ2v) is 7.03. The number of hydrogen-bond donors (Lipinski definition) is 1. The first-order valence-electron chi connectivity index (χ1n) is 8.09. The van der Waals surface area contributed by atoms with Gasteiger partial charge in [-0.05, 0) is 30.7 Å². The van der Waals surface area contributed by atoms with Gasteiger partial charge >= 0.3 is 5.97 Å². The molecule has 0 radical (unpaired) electrons. The Hall–Kier alpha value is -2.36. The Labute approximate surface area is 141 Å². The highest BCUT2D eigenvalue weighted by Gasteiger charge is 2.46. The number of ether oxygens (including phenoxy) is 1. The predicted octanol–water partition coefficient (Wildman–Crippen LogP) is 4.93. The lowest BCUT2D eigenvalue weighted by Gasteiger charge is -2.46. The number of nitrogens with one attached hydrogen (secondary N) is 1. The minimum Gasteiger partial charge on any atom is -0.457 e. The van der Waals surface area contributed by atoms with Gasteiger partial charge in [-0.3, -0.25) is 4.79 Å². The Balaban J connectivity index is 2.11. The van der Waals surface area contributed by atoms with Crippen molar-refractivity contribution < 1.29 is 13.9 Å². The molecule has 0 fully saturated rings. The average Bonchev–Trinajstić information content (AvgIpc) is 2.51. The van der Waals surface area contributed by atoms with Gasteiger partial charge in [0, 0.05) is 23.6 Å². The first-order valence-corrected chi connectivity index (χ1v) is 8.09. The van der Waals surface area contributed by atoms with E-state index in [0.29, 0.717) is 0 Å². The Bertz CT molecular complexity index is 768. The van der Waals surface area contributed by atoms with Crippen molar-refractivity contribution >= 4 is 11.7 Å². The molecule has 2 atom stereocenters. The molecule has 2 aromatic carbocycles. The molecule has 2 unspecified atom stereocenters. The van der Waals surface area contributed by atoms with E-state index in [-0.39, 0.29) is 23.9 Å². The van der Waals surface area contributed by atoms with Crippen LogP contribution >= 0.6 is 0 Å². The van der Waals surface area contributed by atoms with E-state index in [1.165, 1.54) is 19.1 Å². The summed E-state index contributed by atoms with van der Waals surface area (Å²) >= 11 is 0. The Morgan fingerprint density at radius 3 is 2.46 bits per heavy atom. The van der Waals surface area contributed by atoms with Crippen LogP contribution in [-0.2, 0) is 9.53 Å². The highest BCUT2D eigenvalue weighted by Crippen LogP contribution is 2.53. The third-order valence-corrected chi connectivity index (χ3v) is 4.70. The quantitative estimate of drug-likeness (QED) is 0.795. The molecule has 1 heterocycles. The van der Waals surface area contributed by atoms with Crippen LogP contribution in [0.4, 0.5) is 10.1 Å². The largest absolute Gasteiger partial charge is 0.457 e. The molecule has 3 rings (SSSR count). The van der Waals surface area contributed by atoms with Gasteiger partial charge < -0.3 is 10.1 Å². The van der Waals surface area contributed by atoms with Gasteiger partial charge in [-0.1, -0.05) is 43.7 Å². The molecule has 1 aliphatic rings. The van der Waals surface area contributed by atoms with Gasteiger partial charge in [0.25, 0.3) is 0 Å². The lowest BCUT2D eigenvalue weighted by molar-refractivity contribution is -0.154. The number of anilines is 1. The van der Waals surface area contributed by atoms with Crippen molar-refractivity contribution in [3.05, 3.63) is 65.0 Å². The maximum Gasteiger partial charge on any atom is 0.303 e. The zero-order valence-corrected chi connectivity index (χ0v) is 14.4. The van der Waals surface area contributed by atoms with E-state index in [4.69, 9.17) is 4.74 Å². The van der Waals surface area contributed by atoms with Crippen molar-refractivity contribution in [1.29, 1.82) is 0 Å². The van der Waals surface area contributed by atoms with Crippen LogP contribution in [0.2, 0.25) is 0 Å². The van der Waals surface area contributed by atoms with Gasteiger partial charge in [0.2, 0.25) is 0 Å². The summed E-state index contributed by atoms with van der Waals surface area (Å²) in [7, 11) is 0. The molecule has 24 heavy (non-hydrogen) atoms. The van der Waals surface area contributed by atoms with Crippen molar-refractivity contribution in [2.45, 2.75) is 39.8 Å². The van der Waals surface area contributed by atoms with E-state index in [9.17, 15) is 9.18 Å². The molecule has 0 saturated heterocycles. The smallest absolute Gasteiger partial charge is 0.303 e. The highest BCUT2D eigenvalue weighted by atomic mass is 19.1. The first-order chi connectivity index (χ1) is 11.3. The van der Waals surface area contributed by atoms with Crippen LogP contribution in [0.1, 0.15) is 49.6 Å². The molecule has 1 aliphatic heterocycles. The summed E-state index contributed by atoms with van der Waals surface area (Å²) in [5, 5.41) is 3.54. The summed E-state index contributed by atoms with van der Waals surface area (Å²) in [6.45, 7) is 7.57. The molecule has 3 nitrogen and oxygen atoms in total. The molecule has 0 amide bonds. The van der Waals surface area contributed by atoms with Crippen molar-refractivity contribution in [3.63, 3.8) is 0 Å². The molecule has 0 bridgehead atoms. The summed E-state index contributed by atoms with van der Waals surface area (Å²) in [5.74, 6) is -0.569. The minimum absolute atomic E-state index is 0.0994. The fourth-order valence-electron chi connectivity index (χ4n) is 3.47. The number of carbonyl (C=O) groups is 1. The van der Waals surface area contributed by atoms with E-state index < -0.39 is 5.41 Å². The van der Waals surface area contributed by atoms with E-state index in [1.807, 2.05) is 19.1 Å². The van der Waals surface area contributed by atoms with Crippen LogP contribution in [0.15, 0.2) is 42.5 Å². The second kappa shape index (κ2) is 5.93. The lowest BCUT2D eigenvalue weighted by atomic mass is 9.70. The number of hydrogen-bond acceptors (Lipinski definition) is 3. The van der Waals surface area contributed by atoms with Crippen LogP contribution in [0.3, 0.4) is 0 Å². The Kier molecular flexibility index (Phi) is 4.08. The van der Waals surface area contributed by atoms with Crippen molar-refractivity contribution in [1.82, 2.24) is 0 Å². The lowest BCUT2D eigenvalue weighted by Crippen LogP contribution is -2.40. The number of benzene rings is 2. The molecule has 4 heteroatoms. The predicted molar refractivity (Wildman–Crippen MR) is 92.2 cm³/mol. The van der Waals surface area contributed by atoms with Gasteiger partial charge in [0.15, 0.2) is 0 Å². The van der Waals surface area contributed by atoms with Crippen LogP contribution in [0.25, 0.3) is 0 Å². The maximum absolute atomic E-state index is 13.3. The zero-order chi connectivity index (χ0) is 17.5. The number of aryl methyl sites for hydroxylation is 1. The summed E-state index contributed by atoms with van der Waals surface area (Å²) in [6.07, 6.45) is -0.374. The average molecular weight is 327 g/mol. The Morgan fingerprint density at radius 1 is 1.17 bits per heavy atom. The number of halogens is 1. The fourth-order valence-corrected chi connectivity index (χ4v) is 3.47. The zero-order valence-electron chi connectivity index (χ0n) is 14.4. The van der Waals surface area contributed by atoms with Gasteiger partial charge in [0.1, 0.15) is 11.9 Å². The normalized spacial score (nSPS) is 21.5. The van der Waals surface area contributed by atoms with Crippen molar-refractivity contribution in [2.24, 2.45) is 5.41 Å². The number of carbonyl (C=O) groups excluding carboxylic acids is 1. The van der Waals surface area contributed by atoms with Crippen LogP contribution in [0, 0.1) is 18.2 Å². The van der Waals surface area contributed by atoms with E-state index in [0.717, 1.165) is 22.4 Å². The molecule has 0 aliphatic carbocycles. The molecular formula is C20H22FNO2. The van der Waals surface area contributed by atoms with E-state index in [1.54, 1.807) is 12.1 Å². The minimum atomic E-state index is -0.399. The van der Waals surface area contributed by atoms with Gasteiger partial charge in [-0.2, -0.15) is 0 Å².